The summed E-state index contributed by atoms with van der Waals surface area (Å²) < 4.78 is 7.14. The van der Waals surface area contributed by atoms with E-state index in [-0.39, 0.29) is 5.91 Å². The number of benzene rings is 1. The van der Waals surface area contributed by atoms with E-state index < -0.39 is 0 Å². The predicted octanol–water partition coefficient (Wildman–Crippen LogP) is 2.53. The number of carbonyl (C=O) groups excluding carboxylic acids is 1. The molecule has 0 unspecified atom stereocenters. The quantitative estimate of drug-likeness (QED) is 0.661. The van der Waals surface area contributed by atoms with E-state index in [0.29, 0.717) is 44.1 Å². The first-order valence-electron chi connectivity index (χ1n) is 9.15. The number of amides is 1. The van der Waals surface area contributed by atoms with Crippen LogP contribution in [0.2, 0.25) is 0 Å². The molecule has 1 N–H and O–H groups in total. The summed E-state index contributed by atoms with van der Waals surface area (Å²) in [5, 5.41) is 11.3. The third kappa shape index (κ3) is 5.03. The molecule has 3 rings (SSSR count). The molecule has 3 aromatic rings. The monoisotopic (exact) mass is 367 g/mol. The van der Waals surface area contributed by atoms with Gasteiger partial charge in [0.1, 0.15) is 0 Å². The van der Waals surface area contributed by atoms with Gasteiger partial charge in [0, 0.05) is 38.0 Å². The lowest BCUT2D eigenvalue weighted by Gasteiger charge is -2.05. The summed E-state index contributed by atoms with van der Waals surface area (Å²) in [6.45, 7) is 7.10. The molecule has 7 heteroatoms. The van der Waals surface area contributed by atoms with Crippen LogP contribution in [0.5, 0.6) is 0 Å². The van der Waals surface area contributed by atoms with Crippen LogP contribution in [0.25, 0.3) is 0 Å². The zero-order chi connectivity index (χ0) is 19.2. The first kappa shape index (κ1) is 18.8. The van der Waals surface area contributed by atoms with Crippen molar-refractivity contribution in [3.05, 3.63) is 64.6 Å². The Morgan fingerprint density at radius 1 is 1.19 bits per heavy atom. The van der Waals surface area contributed by atoms with Crippen molar-refractivity contribution in [1.82, 2.24) is 25.2 Å². The molecule has 7 nitrogen and oxygen atoms in total. The van der Waals surface area contributed by atoms with Gasteiger partial charge in [-0.15, -0.1) is 0 Å². The van der Waals surface area contributed by atoms with Crippen LogP contribution in [-0.4, -0.2) is 32.4 Å². The molecule has 0 aliphatic heterocycles. The van der Waals surface area contributed by atoms with Crippen molar-refractivity contribution in [2.24, 2.45) is 0 Å². The van der Waals surface area contributed by atoms with Gasteiger partial charge < -0.3 is 9.84 Å². The Morgan fingerprint density at radius 3 is 2.67 bits per heavy atom. The second-order valence-corrected chi connectivity index (χ2v) is 6.64. The van der Waals surface area contributed by atoms with E-state index in [1.54, 1.807) is 0 Å². The van der Waals surface area contributed by atoms with E-state index in [4.69, 9.17) is 4.52 Å². The molecule has 2 heterocycles. The highest BCUT2D eigenvalue weighted by atomic mass is 16.5. The van der Waals surface area contributed by atoms with Gasteiger partial charge in [0.05, 0.1) is 5.69 Å². The van der Waals surface area contributed by atoms with Crippen molar-refractivity contribution in [3.8, 4) is 0 Å². The van der Waals surface area contributed by atoms with Gasteiger partial charge in [-0.1, -0.05) is 35.5 Å². The van der Waals surface area contributed by atoms with Crippen LogP contribution < -0.4 is 5.32 Å². The van der Waals surface area contributed by atoms with Gasteiger partial charge in [-0.25, -0.2) is 0 Å². The van der Waals surface area contributed by atoms with Crippen LogP contribution in [0, 0.1) is 20.8 Å². The van der Waals surface area contributed by atoms with Crippen molar-refractivity contribution < 1.29 is 9.32 Å². The lowest BCUT2D eigenvalue weighted by Crippen LogP contribution is -2.27. The summed E-state index contributed by atoms with van der Waals surface area (Å²) in [5.74, 6) is 1.18. The normalized spacial score (nSPS) is 10.9. The predicted molar refractivity (Wildman–Crippen MR) is 101 cm³/mol. The molecule has 0 radical (unpaired) electrons. The Balaban J connectivity index is 1.40. The minimum absolute atomic E-state index is 0.00997. The van der Waals surface area contributed by atoms with Gasteiger partial charge >= 0.3 is 0 Å². The first-order chi connectivity index (χ1) is 13.0. The lowest BCUT2D eigenvalue weighted by atomic mass is 10.1. The Kier molecular flexibility index (Phi) is 6.01. The Bertz CT molecular complexity index is 898. The number of nitrogens with zero attached hydrogens (tertiary/aromatic N) is 4. The molecule has 0 saturated carbocycles. The standard InChI is InChI=1S/C20H25N5O2/c1-14-15(2)23-25(16(14)3)12-10-19(26)21-11-9-20-22-18(24-27-20)13-17-7-5-4-6-8-17/h4-8H,9-13H2,1-3H3,(H,21,26). The van der Waals surface area contributed by atoms with Crippen LogP contribution in [0.3, 0.4) is 0 Å². The number of nitrogens with one attached hydrogen (secondary N) is 1. The summed E-state index contributed by atoms with van der Waals surface area (Å²) in [6.07, 6.45) is 1.55. The molecule has 142 valence electrons. The minimum atomic E-state index is -0.00997. The van der Waals surface area contributed by atoms with Gasteiger partial charge in [0.2, 0.25) is 11.8 Å². The van der Waals surface area contributed by atoms with E-state index in [9.17, 15) is 4.79 Å². The van der Waals surface area contributed by atoms with Crippen molar-refractivity contribution >= 4 is 5.91 Å². The van der Waals surface area contributed by atoms with Crippen molar-refractivity contribution in [1.29, 1.82) is 0 Å². The molecule has 0 aliphatic rings. The molecule has 0 aliphatic carbocycles. The fourth-order valence-corrected chi connectivity index (χ4v) is 2.85. The van der Waals surface area contributed by atoms with Crippen molar-refractivity contribution in [3.63, 3.8) is 0 Å². The molecule has 0 fully saturated rings. The van der Waals surface area contributed by atoms with Gasteiger partial charge in [-0.3, -0.25) is 9.48 Å². The highest BCUT2D eigenvalue weighted by Gasteiger charge is 2.10. The number of hydrogen-bond donors (Lipinski definition) is 1. The summed E-state index contributed by atoms with van der Waals surface area (Å²) in [4.78, 5) is 16.4. The molecule has 0 saturated heterocycles. The number of aryl methyl sites for hydroxylation is 2. The molecule has 27 heavy (non-hydrogen) atoms. The summed E-state index contributed by atoms with van der Waals surface area (Å²) >= 11 is 0. The van der Waals surface area contributed by atoms with Gasteiger partial charge in [0.25, 0.3) is 0 Å². The second kappa shape index (κ2) is 8.62. The summed E-state index contributed by atoms with van der Waals surface area (Å²) in [5.41, 5.74) is 4.43. The maximum Gasteiger partial charge on any atom is 0.228 e. The van der Waals surface area contributed by atoms with Crippen LogP contribution in [0.4, 0.5) is 0 Å². The maximum atomic E-state index is 12.0. The van der Waals surface area contributed by atoms with Crippen LogP contribution >= 0.6 is 0 Å². The third-order valence-electron chi connectivity index (χ3n) is 4.67. The van der Waals surface area contributed by atoms with Crippen LogP contribution in [-0.2, 0) is 24.2 Å². The summed E-state index contributed by atoms with van der Waals surface area (Å²) in [6, 6.07) is 10.0. The highest BCUT2D eigenvalue weighted by Crippen LogP contribution is 2.11. The average Bonchev–Trinajstić information content (AvgIpc) is 3.20. The smallest absolute Gasteiger partial charge is 0.228 e. The number of aromatic nitrogens is 4. The van der Waals surface area contributed by atoms with E-state index >= 15 is 0 Å². The van der Waals surface area contributed by atoms with Crippen molar-refractivity contribution in [2.75, 3.05) is 6.54 Å². The molecule has 0 spiro atoms. The number of hydrogen-bond acceptors (Lipinski definition) is 5. The number of carbonyl (C=O) groups is 1. The van der Waals surface area contributed by atoms with Gasteiger partial charge in [-0.2, -0.15) is 10.1 Å². The second-order valence-electron chi connectivity index (χ2n) is 6.64. The van der Waals surface area contributed by atoms with Crippen LogP contribution in [0.1, 0.15) is 40.7 Å². The maximum absolute atomic E-state index is 12.0. The Morgan fingerprint density at radius 2 is 1.96 bits per heavy atom. The van der Waals surface area contributed by atoms with Crippen molar-refractivity contribution in [2.45, 2.75) is 46.6 Å². The largest absolute Gasteiger partial charge is 0.356 e. The van der Waals surface area contributed by atoms with Gasteiger partial charge in [-0.05, 0) is 31.9 Å². The topological polar surface area (TPSA) is 85.8 Å². The fraction of sp³-hybridized carbons (Fsp3) is 0.400. The Labute approximate surface area is 158 Å². The van der Waals surface area contributed by atoms with E-state index in [1.165, 1.54) is 5.56 Å². The molecule has 1 aromatic carbocycles. The molecule has 0 bridgehead atoms. The Hall–Kier alpha value is -2.96. The zero-order valence-corrected chi connectivity index (χ0v) is 16.0. The molecular formula is C20H25N5O2. The van der Waals surface area contributed by atoms with Crippen LogP contribution in [0.15, 0.2) is 34.9 Å². The zero-order valence-electron chi connectivity index (χ0n) is 16.0. The highest BCUT2D eigenvalue weighted by molar-refractivity contribution is 5.75. The molecule has 2 aromatic heterocycles. The third-order valence-corrected chi connectivity index (χ3v) is 4.67. The fourth-order valence-electron chi connectivity index (χ4n) is 2.85. The van der Waals surface area contributed by atoms with E-state index in [1.807, 2.05) is 55.8 Å². The van der Waals surface area contributed by atoms with Gasteiger partial charge in [0.15, 0.2) is 5.82 Å². The average molecular weight is 367 g/mol. The molecular weight excluding hydrogens is 342 g/mol. The lowest BCUT2D eigenvalue weighted by molar-refractivity contribution is -0.121. The number of rotatable bonds is 8. The molecule has 0 atom stereocenters. The SMILES string of the molecule is Cc1nn(CCC(=O)NCCc2nc(Cc3ccccc3)no2)c(C)c1C. The molecule has 1 amide bonds. The minimum Gasteiger partial charge on any atom is -0.356 e. The first-order valence-corrected chi connectivity index (χ1v) is 9.15. The van der Waals surface area contributed by atoms with E-state index in [2.05, 4.69) is 20.6 Å². The van der Waals surface area contributed by atoms with E-state index in [0.717, 1.165) is 17.0 Å². The summed E-state index contributed by atoms with van der Waals surface area (Å²) in [7, 11) is 0.